The summed E-state index contributed by atoms with van der Waals surface area (Å²) in [6.45, 7) is 0.860. The standard InChI is InChI=1S/C30H24FN7O2/c31-22-17-33-29(38-15-12-34-36-38)27-25(22)21(16-32-27)28(39)30(40)37-13-10-18(11-14-37)24-20-8-4-5-9-23(20)35-26(24)19-6-2-1-3-7-19/h1-9,12,15-18,32,35H,10-11,13-14H2. The highest BCUT2D eigenvalue weighted by atomic mass is 19.1. The van der Waals surface area contributed by atoms with Crippen LogP contribution >= 0.6 is 0 Å². The third kappa shape index (κ3) is 3.87. The maximum atomic E-state index is 14.9. The first-order chi connectivity index (χ1) is 19.6. The molecule has 10 heteroatoms. The van der Waals surface area contributed by atoms with Gasteiger partial charge >= 0.3 is 0 Å². The predicted molar refractivity (Wildman–Crippen MR) is 148 cm³/mol. The number of carbonyl (C=O) groups is 2. The van der Waals surface area contributed by atoms with Gasteiger partial charge in [-0.15, -0.1) is 5.10 Å². The highest BCUT2D eigenvalue weighted by Gasteiger charge is 2.32. The number of ketones is 1. The first-order valence-corrected chi connectivity index (χ1v) is 13.1. The molecule has 5 heterocycles. The molecule has 0 radical (unpaired) electrons. The summed E-state index contributed by atoms with van der Waals surface area (Å²) in [4.78, 5) is 38.9. The summed E-state index contributed by atoms with van der Waals surface area (Å²) < 4.78 is 16.2. The third-order valence-electron chi connectivity index (χ3n) is 7.72. The van der Waals surface area contributed by atoms with Gasteiger partial charge < -0.3 is 14.9 Å². The zero-order chi connectivity index (χ0) is 27.2. The van der Waals surface area contributed by atoms with E-state index < -0.39 is 17.5 Å². The molecule has 2 N–H and O–H groups in total. The number of rotatable bonds is 5. The maximum absolute atomic E-state index is 14.9. The van der Waals surface area contributed by atoms with Gasteiger partial charge in [-0.05, 0) is 36.0 Å². The molecule has 2 aromatic carbocycles. The molecule has 6 aromatic rings. The molecule has 0 aliphatic carbocycles. The van der Waals surface area contributed by atoms with Crippen LogP contribution in [0.2, 0.25) is 0 Å². The second-order valence-electron chi connectivity index (χ2n) is 9.95. The van der Waals surface area contributed by atoms with Crippen LogP contribution in [0.25, 0.3) is 38.9 Å². The second-order valence-corrected chi connectivity index (χ2v) is 9.95. The summed E-state index contributed by atoms with van der Waals surface area (Å²) in [6, 6.07) is 18.5. The van der Waals surface area contributed by atoms with Crippen molar-refractivity contribution >= 4 is 33.5 Å². The largest absolute Gasteiger partial charge is 0.357 e. The molecule has 0 atom stereocenters. The highest BCUT2D eigenvalue weighted by molar-refractivity contribution is 6.45. The average molecular weight is 534 g/mol. The number of nitrogens with zero attached hydrogens (tertiary/aromatic N) is 5. The van der Waals surface area contributed by atoms with Gasteiger partial charge in [0.15, 0.2) is 11.6 Å². The van der Waals surface area contributed by atoms with Gasteiger partial charge in [-0.3, -0.25) is 9.59 Å². The number of hydrogen-bond acceptors (Lipinski definition) is 5. The van der Waals surface area contributed by atoms with Crippen LogP contribution in [0.5, 0.6) is 0 Å². The first-order valence-electron chi connectivity index (χ1n) is 13.1. The van der Waals surface area contributed by atoms with Gasteiger partial charge in [0.1, 0.15) is 0 Å². The Morgan fingerprint density at radius 2 is 1.77 bits per heavy atom. The van der Waals surface area contributed by atoms with Crippen LogP contribution in [0.1, 0.15) is 34.7 Å². The van der Waals surface area contributed by atoms with E-state index in [1.165, 1.54) is 28.0 Å². The Morgan fingerprint density at radius 1 is 1.00 bits per heavy atom. The third-order valence-corrected chi connectivity index (χ3v) is 7.72. The van der Waals surface area contributed by atoms with Crippen molar-refractivity contribution in [2.75, 3.05) is 13.1 Å². The van der Waals surface area contributed by atoms with Crippen LogP contribution < -0.4 is 0 Å². The van der Waals surface area contributed by atoms with E-state index in [0.717, 1.165) is 23.0 Å². The number of carbonyl (C=O) groups excluding carboxylic acids is 2. The minimum Gasteiger partial charge on any atom is -0.357 e. The number of pyridine rings is 1. The summed E-state index contributed by atoms with van der Waals surface area (Å²) >= 11 is 0. The van der Waals surface area contributed by atoms with E-state index in [1.807, 2.05) is 30.3 Å². The van der Waals surface area contributed by atoms with Gasteiger partial charge in [0, 0.05) is 35.9 Å². The van der Waals surface area contributed by atoms with Crippen molar-refractivity contribution in [2.45, 2.75) is 18.8 Å². The first kappa shape index (κ1) is 24.0. The van der Waals surface area contributed by atoms with Gasteiger partial charge in [0.25, 0.3) is 11.7 Å². The molecule has 0 spiro atoms. The number of H-pyrrole nitrogens is 2. The van der Waals surface area contributed by atoms with Gasteiger partial charge in [0.05, 0.1) is 35.1 Å². The molecular formula is C30H24FN7O2. The Kier molecular flexibility index (Phi) is 5.73. The molecule has 9 nitrogen and oxygen atoms in total. The van der Waals surface area contributed by atoms with Crippen molar-refractivity contribution in [3.63, 3.8) is 0 Å². The minimum atomic E-state index is -0.753. The summed E-state index contributed by atoms with van der Waals surface area (Å²) in [5.41, 5.74) is 4.77. The van der Waals surface area contributed by atoms with E-state index in [1.54, 1.807) is 11.1 Å². The average Bonchev–Trinajstić information content (AvgIpc) is 3.77. The Hall–Kier alpha value is -5.12. The van der Waals surface area contributed by atoms with E-state index in [-0.39, 0.29) is 28.2 Å². The minimum absolute atomic E-state index is 0.0139. The Bertz CT molecular complexity index is 1870. The SMILES string of the molecule is O=C(C(=O)N1CCC(c2c(-c3ccccc3)[nH]c3ccccc23)CC1)c1c[nH]c2c(-n3ccnn3)ncc(F)c12. The van der Waals surface area contributed by atoms with E-state index in [4.69, 9.17) is 0 Å². The molecule has 1 saturated heterocycles. The Balaban J connectivity index is 1.15. The molecule has 0 unspecified atom stereocenters. The molecule has 1 aliphatic rings. The zero-order valence-corrected chi connectivity index (χ0v) is 21.3. The van der Waals surface area contributed by atoms with Crippen LogP contribution in [0.3, 0.4) is 0 Å². The maximum Gasteiger partial charge on any atom is 0.295 e. The fraction of sp³-hybridized carbons (Fsp3) is 0.167. The fourth-order valence-corrected chi connectivity index (χ4v) is 5.82. The molecule has 40 heavy (non-hydrogen) atoms. The van der Waals surface area contributed by atoms with Crippen LogP contribution in [0, 0.1) is 5.82 Å². The number of hydrogen-bond donors (Lipinski definition) is 2. The van der Waals surface area contributed by atoms with Crippen LogP contribution in [-0.2, 0) is 4.79 Å². The number of amides is 1. The van der Waals surface area contributed by atoms with Crippen molar-refractivity contribution < 1.29 is 14.0 Å². The number of likely N-dealkylation sites (tertiary alicyclic amines) is 1. The summed E-state index contributed by atoms with van der Waals surface area (Å²) in [5, 5.41) is 8.85. The number of piperidine rings is 1. The number of benzene rings is 2. The van der Waals surface area contributed by atoms with Crippen molar-refractivity contribution in [2.24, 2.45) is 0 Å². The van der Waals surface area contributed by atoms with Gasteiger partial charge in [0.2, 0.25) is 0 Å². The molecule has 1 amide bonds. The lowest BCUT2D eigenvalue weighted by Crippen LogP contribution is -2.41. The van der Waals surface area contributed by atoms with E-state index in [0.29, 0.717) is 25.9 Å². The van der Waals surface area contributed by atoms with Crippen molar-refractivity contribution in [1.29, 1.82) is 0 Å². The summed E-state index contributed by atoms with van der Waals surface area (Å²) in [6.07, 6.45) is 6.84. The lowest BCUT2D eigenvalue weighted by molar-refractivity contribution is -0.127. The molecule has 4 aromatic heterocycles. The number of para-hydroxylation sites is 1. The number of nitrogens with one attached hydrogen (secondary N) is 2. The van der Waals surface area contributed by atoms with Gasteiger partial charge in [-0.1, -0.05) is 53.7 Å². The fourth-order valence-electron chi connectivity index (χ4n) is 5.82. The van der Waals surface area contributed by atoms with Gasteiger partial charge in [-0.2, -0.15) is 0 Å². The molecule has 1 fully saturated rings. The molecule has 1 aliphatic heterocycles. The van der Waals surface area contributed by atoms with E-state index in [2.05, 4.69) is 49.5 Å². The summed E-state index contributed by atoms with van der Waals surface area (Å²) in [5.74, 6) is -1.58. The quantitative estimate of drug-likeness (QED) is 0.239. The number of aromatic nitrogens is 6. The normalized spacial score (nSPS) is 14.3. The topological polar surface area (TPSA) is 113 Å². The monoisotopic (exact) mass is 533 g/mol. The van der Waals surface area contributed by atoms with Crippen LogP contribution in [-0.4, -0.2) is 59.6 Å². The summed E-state index contributed by atoms with van der Waals surface area (Å²) in [7, 11) is 0. The number of fused-ring (bicyclic) bond motifs is 2. The molecule has 7 rings (SSSR count). The Morgan fingerprint density at radius 3 is 2.55 bits per heavy atom. The lowest BCUT2D eigenvalue weighted by Gasteiger charge is -2.32. The smallest absolute Gasteiger partial charge is 0.295 e. The zero-order valence-electron chi connectivity index (χ0n) is 21.3. The Labute approximate surface area is 227 Å². The van der Waals surface area contributed by atoms with E-state index in [9.17, 15) is 14.0 Å². The molecule has 198 valence electrons. The predicted octanol–water partition coefficient (Wildman–Crippen LogP) is 5.02. The van der Waals surface area contributed by atoms with Gasteiger partial charge in [-0.25, -0.2) is 14.1 Å². The lowest BCUT2D eigenvalue weighted by atomic mass is 9.86. The van der Waals surface area contributed by atoms with Crippen LogP contribution in [0.15, 0.2) is 79.4 Å². The van der Waals surface area contributed by atoms with Crippen LogP contribution in [0.4, 0.5) is 4.39 Å². The molecule has 0 saturated carbocycles. The molecular weight excluding hydrogens is 509 g/mol. The van der Waals surface area contributed by atoms with Crippen molar-refractivity contribution in [3.8, 4) is 17.1 Å². The molecule has 0 bridgehead atoms. The van der Waals surface area contributed by atoms with E-state index >= 15 is 0 Å². The second kappa shape index (κ2) is 9.57. The van der Waals surface area contributed by atoms with Crippen molar-refractivity contribution in [3.05, 3.63) is 96.3 Å². The highest BCUT2D eigenvalue weighted by Crippen LogP contribution is 2.40. The number of halogens is 1. The number of Topliss-reactive ketones (excluding diaryl/α,β-unsaturated/α-hetero) is 1. The number of aromatic amines is 2. The van der Waals surface area contributed by atoms with Crippen molar-refractivity contribution in [1.82, 2.24) is 34.8 Å².